The highest BCUT2D eigenvalue weighted by Crippen LogP contribution is 2.18. The number of likely N-dealkylation sites (N-methyl/N-ethyl adjacent to an activating group) is 2. The number of hydrogen-bond acceptors (Lipinski definition) is 4. The summed E-state index contributed by atoms with van der Waals surface area (Å²) >= 11 is 0. The van der Waals surface area contributed by atoms with Gasteiger partial charge in [0.25, 0.3) is 0 Å². The minimum atomic E-state index is 0.170. The Morgan fingerprint density at radius 3 is 2.43 bits per heavy atom. The summed E-state index contributed by atoms with van der Waals surface area (Å²) in [6.45, 7) is 7.29. The molecule has 5 nitrogen and oxygen atoms in total. The number of piperidine rings is 1. The summed E-state index contributed by atoms with van der Waals surface area (Å²) in [5.74, 6) is 0.480. The standard InChI is InChI=1S/C16H32N4O/c1-13-15(5-8-17-13)16(21)20(4)12-11-19(3)14-6-9-18(2)10-7-14/h13-15,17H,5-12H2,1-4H3. The molecule has 2 aliphatic heterocycles. The van der Waals surface area contributed by atoms with Gasteiger partial charge in [-0.3, -0.25) is 4.79 Å². The zero-order chi connectivity index (χ0) is 15.4. The Bertz CT molecular complexity index is 341. The van der Waals surface area contributed by atoms with Crippen molar-refractivity contribution in [3.63, 3.8) is 0 Å². The van der Waals surface area contributed by atoms with Crippen LogP contribution in [0, 0.1) is 5.92 Å². The first-order valence-electron chi connectivity index (χ1n) is 8.36. The van der Waals surface area contributed by atoms with Crippen molar-refractivity contribution in [1.82, 2.24) is 20.0 Å². The number of nitrogens with one attached hydrogen (secondary N) is 1. The average molecular weight is 296 g/mol. The van der Waals surface area contributed by atoms with Gasteiger partial charge >= 0.3 is 0 Å². The third kappa shape index (κ3) is 4.41. The number of amides is 1. The van der Waals surface area contributed by atoms with E-state index in [-0.39, 0.29) is 5.92 Å². The van der Waals surface area contributed by atoms with E-state index in [1.807, 2.05) is 11.9 Å². The zero-order valence-corrected chi connectivity index (χ0v) is 14.1. The number of nitrogens with zero attached hydrogens (tertiary/aromatic N) is 3. The van der Waals surface area contributed by atoms with E-state index in [9.17, 15) is 4.79 Å². The molecule has 0 radical (unpaired) electrons. The number of carbonyl (C=O) groups excluding carboxylic acids is 1. The summed E-state index contributed by atoms with van der Waals surface area (Å²) in [6.07, 6.45) is 3.47. The molecule has 0 aliphatic carbocycles. The maximum atomic E-state index is 12.4. The molecule has 2 heterocycles. The Balaban J connectivity index is 1.72. The summed E-state index contributed by atoms with van der Waals surface area (Å²) in [4.78, 5) is 19.2. The van der Waals surface area contributed by atoms with Crippen molar-refractivity contribution in [3.05, 3.63) is 0 Å². The molecule has 5 heteroatoms. The van der Waals surface area contributed by atoms with E-state index in [0.29, 0.717) is 18.0 Å². The number of rotatable bonds is 5. The van der Waals surface area contributed by atoms with Crippen molar-refractivity contribution >= 4 is 5.91 Å². The van der Waals surface area contributed by atoms with Gasteiger partial charge in [0, 0.05) is 32.2 Å². The Labute approximate surface area is 129 Å². The topological polar surface area (TPSA) is 38.8 Å². The zero-order valence-electron chi connectivity index (χ0n) is 14.1. The maximum Gasteiger partial charge on any atom is 0.227 e. The lowest BCUT2D eigenvalue weighted by Crippen LogP contribution is -2.46. The van der Waals surface area contributed by atoms with E-state index >= 15 is 0 Å². The molecule has 2 unspecified atom stereocenters. The second-order valence-electron chi connectivity index (χ2n) is 6.91. The highest BCUT2D eigenvalue weighted by atomic mass is 16.2. The molecule has 1 amide bonds. The highest BCUT2D eigenvalue weighted by Gasteiger charge is 2.31. The molecular formula is C16H32N4O. The highest BCUT2D eigenvalue weighted by molar-refractivity contribution is 5.79. The fourth-order valence-corrected chi connectivity index (χ4v) is 3.52. The molecule has 2 saturated heterocycles. The Morgan fingerprint density at radius 2 is 1.86 bits per heavy atom. The first-order chi connectivity index (χ1) is 9.99. The van der Waals surface area contributed by atoms with Crippen LogP contribution in [0.1, 0.15) is 26.2 Å². The second kappa shape index (κ2) is 7.56. The fourth-order valence-electron chi connectivity index (χ4n) is 3.52. The summed E-state index contributed by atoms with van der Waals surface area (Å²) in [6, 6.07) is 1.00. The van der Waals surface area contributed by atoms with Gasteiger partial charge in [-0.25, -0.2) is 0 Å². The Hall–Kier alpha value is -0.650. The van der Waals surface area contributed by atoms with E-state index in [1.54, 1.807) is 0 Å². The van der Waals surface area contributed by atoms with Crippen LogP contribution in [0.15, 0.2) is 0 Å². The van der Waals surface area contributed by atoms with E-state index in [4.69, 9.17) is 0 Å². The monoisotopic (exact) mass is 296 g/mol. The second-order valence-corrected chi connectivity index (χ2v) is 6.91. The first kappa shape index (κ1) is 16.7. The Kier molecular flexibility index (Phi) is 6.02. The van der Waals surface area contributed by atoms with Crippen LogP contribution in [0.2, 0.25) is 0 Å². The lowest BCUT2D eigenvalue weighted by molar-refractivity contribution is -0.134. The molecule has 21 heavy (non-hydrogen) atoms. The molecule has 2 atom stereocenters. The SMILES string of the molecule is CC1NCCC1C(=O)N(C)CCN(C)C1CCN(C)CC1. The van der Waals surface area contributed by atoms with Gasteiger partial charge in [0.2, 0.25) is 5.91 Å². The smallest absolute Gasteiger partial charge is 0.227 e. The molecule has 0 aromatic heterocycles. The van der Waals surface area contributed by atoms with Crippen molar-refractivity contribution in [1.29, 1.82) is 0 Å². The molecule has 122 valence electrons. The third-order valence-electron chi connectivity index (χ3n) is 5.32. The quantitative estimate of drug-likeness (QED) is 0.800. The minimum absolute atomic E-state index is 0.170. The van der Waals surface area contributed by atoms with E-state index < -0.39 is 0 Å². The lowest BCUT2D eigenvalue weighted by Gasteiger charge is -2.36. The van der Waals surface area contributed by atoms with Gasteiger partial charge in [-0.1, -0.05) is 0 Å². The Morgan fingerprint density at radius 1 is 1.19 bits per heavy atom. The number of hydrogen-bond donors (Lipinski definition) is 1. The van der Waals surface area contributed by atoms with Crippen LogP contribution in [0.25, 0.3) is 0 Å². The molecule has 2 aliphatic rings. The van der Waals surface area contributed by atoms with Crippen molar-refractivity contribution in [3.8, 4) is 0 Å². The molecular weight excluding hydrogens is 264 g/mol. The van der Waals surface area contributed by atoms with Gasteiger partial charge in [-0.05, 0) is 59.9 Å². The van der Waals surface area contributed by atoms with Crippen molar-refractivity contribution < 1.29 is 4.79 Å². The van der Waals surface area contributed by atoms with Gasteiger partial charge < -0.3 is 20.0 Å². The lowest BCUT2D eigenvalue weighted by atomic mass is 10.0. The summed E-state index contributed by atoms with van der Waals surface area (Å²) < 4.78 is 0. The summed E-state index contributed by atoms with van der Waals surface area (Å²) in [7, 11) is 6.35. The first-order valence-corrected chi connectivity index (χ1v) is 8.36. The molecule has 0 bridgehead atoms. The van der Waals surface area contributed by atoms with Gasteiger partial charge in [0.1, 0.15) is 0 Å². The van der Waals surface area contributed by atoms with Gasteiger partial charge in [0.15, 0.2) is 0 Å². The van der Waals surface area contributed by atoms with Gasteiger partial charge in [-0.2, -0.15) is 0 Å². The predicted octanol–water partition coefficient (Wildman–Crippen LogP) is 0.469. The average Bonchev–Trinajstić information content (AvgIpc) is 2.90. The molecule has 1 N–H and O–H groups in total. The summed E-state index contributed by atoms with van der Waals surface area (Å²) in [5.41, 5.74) is 0. The van der Waals surface area contributed by atoms with Crippen molar-refractivity contribution in [2.75, 3.05) is 53.9 Å². The fraction of sp³-hybridized carbons (Fsp3) is 0.938. The minimum Gasteiger partial charge on any atom is -0.344 e. The van der Waals surface area contributed by atoms with Crippen LogP contribution < -0.4 is 5.32 Å². The van der Waals surface area contributed by atoms with Crippen molar-refractivity contribution in [2.24, 2.45) is 5.92 Å². The predicted molar refractivity (Wildman–Crippen MR) is 86.4 cm³/mol. The molecule has 0 spiro atoms. The van der Waals surface area contributed by atoms with Crippen LogP contribution in [0.3, 0.4) is 0 Å². The van der Waals surface area contributed by atoms with Crippen LogP contribution in [0.5, 0.6) is 0 Å². The third-order valence-corrected chi connectivity index (χ3v) is 5.32. The van der Waals surface area contributed by atoms with Crippen LogP contribution in [-0.4, -0.2) is 86.6 Å². The normalized spacial score (nSPS) is 28.2. The van der Waals surface area contributed by atoms with Crippen LogP contribution >= 0.6 is 0 Å². The number of carbonyl (C=O) groups is 1. The van der Waals surface area contributed by atoms with Crippen molar-refractivity contribution in [2.45, 2.75) is 38.3 Å². The maximum absolute atomic E-state index is 12.4. The number of likely N-dealkylation sites (tertiary alicyclic amines) is 1. The van der Waals surface area contributed by atoms with E-state index in [2.05, 4.69) is 36.1 Å². The van der Waals surface area contributed by atoms with E-state index in [1.165, 1.54) is 25.9 Å². The summed E-state index contributed by atoms with van der Waals surface area (Å²) in [5, 5.41) is 3.36. The molecule has 0 aromatic carbocycles. The largest absolute Gasteiger partial charge is 0.344 e. The van der Waals surface area contributed by atoms with Crippen LogP contribution in [0.4, 0.5) is 0 Å². The van der Waals surface area contributed by atoms with Crippen LogP contribution in [-0.2, 0) is 4.79 Å². The van der Waals surface area contributed by atoms with Gasteiger partial charge in [0.05, 0.1) is 5.92 Å². The molecule has 0 aromatic rings. The van der Waals surface area contributed by atoms with E-state index in [0.717, 1.165) is 26.1 Å². The molecule has 2 rings (SSSR count). The van der Waals surface area contributed by atoms with Gasteiger partial charge in [-0.15, -0.1) is 0 Å². The molecule has 0 saturated carbocycles. The molecule has 2 fully saturated rings.